The normalized spacial score (nSPS) is 0. The third kappa shape index (κ3) is 9.02. The molecule has 0 saturated heterocycles. The van der Waals surface area contributed by atoms with E-state index in [0.717, 1.165) is 0 Å². The van der Waals surface area contributed by atoms with Crippen LogP contribution in [0.2, 0.25) is 0 Å². The maximum absolute atomic E-state index is 0. The van der Waals surface area contributed by atoms with Gasteiger partial charge in [-0.05, 0) is 0 Å². The smallest absolute Gasteiger partial charge is 1.00 e. The summed E-state index contributed by atoms with van der Waals surface area (Å²) in [6, 6.07) is 0. The molecule has 0 unspecified atom stereocenters. The van der Waals surface area contributed by atoms with Crippen molar-refractivity contribution in [1.29, 1.82) is 0 Å². The monoisotopic (exact) mass is 158 g/mol. The summed E-state index contributed by atoms with van der Waals surface area (Å²) in [5.41, 5.74) is 0. The molecule has 4 heteroatoms. The third-order valence-corrected chi connectivity index (χ3v) is 0. The molecule has 0 amide bonds. The molecular formula is Cl2MgZn+2. The summed E-state index contributed by atoms with van der Waals surface area (Å²) < 4.78 is 0. The summed E-state index contributed by atoms with van der Waals surface area (Å²) in [7, 11) is 0. The summed E-state index contributed by atoms with van der Waals surface area (Å²) in [5.74, 6) is 0. The minimum absolute atomic E-state index is 0. The van der Waals surface area contributed by atoms with Crippen molar-refractivity contribution in [2.24, 2.45) is 0 Å². The van der Waals surface area contributed by atoms with Crippen LogP contribution in [-0.2, 0) is 19.5 Å². The number of rotatable bonds is 0. The molecule has 0 aromatic rings. The summed E-state index contributed by atoms with van der Waals surface area (Å²) >= 11 is 0. The van der Waals surface area contributed by atoms with Crippen molar-refractivity contribution in [3.05, 3.63) is 0 Å². The van der Waals surface area contributed by atoms with Crippen LogP contribution in [0.25, 0.3) is 0 Å². The van der Waals surface area contributed by atoms with Crippen molar-refractivity contribution in [1.82, 2.24) is 0 Å². The molecule has 0 fully saturated rings. The van der Waals surface area contributed by atoms with E-state index in [9.17, 15) is 0 Å². The number of hydrogen-bond acceptors (Lipinski definition) is 0. The second kappa shape index (κ2) is 20.2. The molecule has 0 atom stereocenters. The Labute approximate surface area is 66.8 Å². The average molecular weight is 161 g/mol. The quantitative estimate of drug-likeness (QED) is 0.310. The van der Waals surface area contributed by atoms with Crippen LogP contribution < -0.4 is 24.8 Å². The van der Waals surface area contributed by atoms with Crippen LogP contribution in [0.1, 0.15) is 0 Å². The summed E-state index contributed by atoms with van der Waals surface area (Å²) in [6.45, 7) is 0. The molecule has 0 aliphatic heterocycles. The Morgan fingerprint density at radius 3 is 0.750 bits per heavy atom. The van der Waals surface area contributed by atoms with E-state index in [1.807, 2.05) is 0 Å². The van der Waals surface area contributed by atoms with Gasteiger partial charge in [0.25, 0.3) is 0 Å². The van der Waals surface area contributed by atoms with Gasteiger partial charge in [-0.3, -0.25) is 0 Å². The molecule has 0 heterocycles. The summed E-state index contributed by atoms with van der Waals surface area (Å²) in [5, 5.41) is 0. The second-order valence-corrected chi connectivity index (χ2v) is 0. The van der Waals surface area contributed by atoms with Gasteiger partial charge in [0.05, 0.1) is 0 Å². The Hall–Kier alpha value is 1.97. The van der Waals surface area contributed by atoms with Crippen LogP contribution in [0, 0.1) is 0 Å². The molecule has 0 radical (unpaired) electrons. The first-order valence-electron chi connectivity index (χ1n) is 0. The summed E-state index contributed by atoms with van der Waals surface area (Å²) in [4.78, 5) is 0. The topological polar surface area (TPSA) is 0 Å². The molecule has 16 valence electrons. The fourth-order valence-electron chi connectivity index (χ4n) is 0. The van der Waals surface area contributed by atoms with Gasteiger partial charge in [-0.15, -0.1) is 0 Å². The van der Waals surface area contributed by atoms with Crippen molar-refractivity contribution in [3.63, 3.8) is 0 Å². The van der Waals surface area contributed by atoms with Crippen molar-refractivity contribution >= 4 is 23.1 Å². The maximum Gasteiger partial charge on any atom is 2.00 e. The fraction of sp³-hybridized carbons (Fsp3) is 0. The van der Waals surface area contributed by atoms with Gasteiger partial charge in [0.15, 0.2) is 0 Å². The van der Waals surface area contributed by atoms with E-state index in [1.165, 1.54) is 0 Å². The molecule has 0 aromatic heterocycles. The van der Waals surface area contributed by atoms with Crippen LogP contribution >= 0.6 is 0 Å². The minimum atomic E-state index is 0. The fourth-order valence-corrected chi connectivity index (χ4v) is 0. The molecule has 0 nitrogen and oxygen atoms in total. The summed E-state index contributed by atoms with van der Waals surface area (Å²) in [6.07, 6.45) is 0. The zero-order chi connectivity index (χ0) is 0. The van der Waals surface area contributed by atoms with Crippen molar-refractivity contribution < 1.29 is 44.3 Å². The van der Waals surface area contributed by atoms with Gasteiger partial charge in [-0.1, -0.05) is 0 Å². The standard InChI is InChI=1S/2ClH.Mg.Zn/h2*1H;;/q;;2*+2/p-2. The second-order valence-electron chi connectivity index (χ2n) is 0. The Morgan fingerprint density at radius 2 is 0.750 bits per heavy atom. The van der Waals surface area contributed by atoms with E-state index in [4.69, 9.17) is 0 Å². The van der Waals surface area contributed by atoms with Crippen LogP contribution in [0.3, 0.4) is 0 Å². The van der Waals surface area contributed by atoms with Gasteiger partial charge >= 0.3 is 42.5 Å². The average Bonchev–Trinajstić information content (AvgIpc) is 0. The van der Waals surface area contributed by atoms with Crippen LogP contribution in [0.4, 0.5) is 0 Å². The molecule has 0 saturated carbocycles. The zero-order valence-corrected chi connectivity index (χ0v) is 8.06. The zero-order valence-electron chi connectivity index (χ0n) is 2.17. The van der Waals surface area contributed by atoms with Gasteiger partial charge in [-0.25, -0.2) is 0 Å². The van der Waals surface area contributed by atoms with Crippen LogP contribution in [0.5, 0.6) is 0 Å². The molecular weight excluding hydrogens is 161 g/mol. The van der Waals surface area contributed by atoms with E-state index >= 15 is 0 Å². The molecule has 0 aromatic carbocycles. The first-order valence-corrected chi connectivity index (χ1v) is 0. The van der Waals surface area contributed by atoms with Crippen molar-refractivity contribution in [2.75, 3.05) is 0 Å². The first kappa shape index (κ1) is 38.0. The Kier molecular flexibility index (Phi) is 192. The van der Waals surface area contributed by atoms with Crippen molar-refractivity contribution in [3.8, 4) is 0 Å². The molecule has 0 rings (SSSR count). The van der Waals surface area contributed by atoms with Gasteiger partial charge in [0.1, 0.15) is 0 Å². The number of halogens is 2. The Balaban J connectivity index is 0. The van der Waals surface area contributed by atoms with Crippen LogP contribution in [0.15, 0.2) is 0 Å². The van der Waals surface area contributed by atoms with E-state index in [0.29, 0.717) is 0 Å². The van der Waals surface area contributed by atoms with Gasteiger partial charge < -0.3 is 24.8 Å². The minimum Gasteiger partial charge on any atom is -1.00 e. The van der Waals surface area contributed by atoms with Gasteiger partial charge in [0, 0.05) is 0 Å². The van der Waals surface area contributed by atoms with Crippen molar-refractivity contribution in [2.45, 2.75) is 0 Å². The third-order valence-electron chi connectivity index (χ3n) is 0. The molecule has 0 N–H and O–H groups in total. The molecule has 0 spiro atoms. The molecule has 0 aliphatic rings. The van der Waals surface area contributed by atoms with Gasteiger partial charge in [0.2, 0.25) is 0 Å². The Bertz CT molecular complexity index is 6.00. The molecule has 0 aliphatic carbocycles. The van der Waals surface area contributed by atoms with Gasteiger partial charge in [-0.2, -0.15) is 0 Å². The molecule has 0 bridgehead atoms. The largest absolute Gasteiger partial charge is 2.00 e. The first-order chi connectivity index (χ1) is 0. The SMILES string of the molecule is [Cl-].[Cl-].[Mg+2].[Zn+2]. The predicted octanol–water partition coefficient (Wildman–Crippen LogP) is -6.38. The Morgan fingerprint density at radius 1 is 0.750 bits per heavy atom. The van der Waals surface area contributed by atoms with E-state index in [2.05, 4.69) is 0 Å². The number of hydrogen-bond donors (Lipinski definition) is 0. The maximum atomic E-state index is 0. The van der Waals surface area contributed by atoms with E-state index < -0.39 is 0 Å². The van der Waals surface area contributed by atoms with E-state index in [1.54, 1.807) is 0 Å². The molecule has 4 heavy (non-hydrogen) atoms. The van der Waals surface area contributed by atoms with Crippen LogP contribution in [-0.4, -0.2) is 23.1 Å². The van der Waals surface area contributed by atoms with E-state index in [-0.39, 0.29) is 67.3 Å². The predicted molar refractivity (Wildman–Crippen MR) is 5.75 cm³/mol.